The zero-order chi connectivity index (χ0) is 21.5. The van der Waals surface area contributed by atoms with Crippen molar-refractivity contribution in [3.63, 3.8) is 0 Å². The highest BCUT2D eigenvalue weighted by Crippen LogP contribution is 2.43. The molecule has 0 unspecified atom stereocenters. The van der Waals surface area contributed by atoms with Gasteiger partial charge in [-0.3, -0.25) is 9.10 Å². The van der Waals surface area contributed by atoms with Crippen molar-refractivity contribution in [3.05, 3.63) is 77.4 Å². The van der Waals surface area contributed by atoms with Crippen LogP contribution in [0.15, 0.2) is 65.6 Å². The van der Waals surface area contributed by atoms with E-state index in [9.17, 15) is 13.2 Å². The van der Waals surface area contributed by atoms with Gasteiger partial charge in [0.2, 0.25) is 5.91 Å². The van der Waals surface area contributed by atoms with Crippen LogP contribution in [0.4, 0.5) is 11.4 Å². The van der Waals surface area contributed by atoms with Crippen molar-refractivity contribution >= 4 is 27.3 Å². The molecule has 6 heteroatoms. The third-order valence-corrected chi connectivity index (χ3v) is 7.09. The first kappa shape index (κ1) is 20.2. The number of hydrogen-bond acceptors (Lipinski definition) is 3. The summed E-state index contributed by atoms with van der Waals surface area (Å²) in [6, 6.07) is 18.4. The predicted molar refractivity (Wildman–Crippen MR) is 120 cm³/mol. The predicted octanol–water partition coefficient (Wildman–Crippen LogP) is 4.68. The van der Waals surface area contributed by atoms with E-state index in [1.807, 2.05) is 56.3 Å². The smallest absolute Gasteiger partial charge is 0.265 e. The molecule has 0 radical (unpaired) electrons. The van der Waals surface area contributed by atoms with E-state index in [1.54, 1.807) is 18.2 Å². The number of aryl methyl sites for hydroxylation is 3. The molecule has 0 aliphatic carbocycles. The second-order valence-corrected chi connectivity index (χ2v) is 9.47. The van der Waals surface area contributed by atoms with Crippen LogP contribution in [0.25, 0.3) is 11.1 Å². The third-order valence-electron chi connectivity index (χ3n) is 5.28. The Hall–Kier alpha value is -3.12. The third kappa shape index (κ3) is 3.59. The Bertz CT molecular complexity index is 1230. The maximum atomic E-state index is 13.4. The number of nitrogens with zero attached hydrogens (tertiary/aromatic N) is 1. The standard InChI is InChI=1S/C24H24N2O3S/c1-4-18-9-10-22-21(14-18)20-7-5-6-8-23(20)30(28,29)26(22)15-24(27)25-19-12-16(2)11-17(3)13-19/h5-14H,4,15H2,1-3H3,(H,25,27). The topological polar surface area (TPSA) is 66.5 Å². The molecule has 154 valence electrons. The number of rotatable bonds is 4. The lowest BCUT2D eigenvalue weighted by atomic mass is 9.99. The van der Waals surface area contributed by atoms with Gasteiger partial charge in [-0.15, -0.1) is 0 Å². The molecule has 3 aromatic rings. The fourth-order valence-corrected chi connectivity index (χ4v) is 5.60. The Labute approximate surface area is 177 Å². The summed E-state index contributed by atoms with van der Waals surface area (Å²) in [5, 5.41) is 2.84. The van der Waals surface area contributed by atoms with Crippen molar-refractivity contribution in [2.24, 2.45) is 0 Å². The number of carbonyl (C=O) groups excluding carboxylic acids is 1. The van der Waals surface area contributed by atoms with E-state index in [1.165, 1.54) is 4.31 Å². The first-order valence-corrected chi connectivity index (χ1v) is 11.4. The Morgan fingerprint density at radius 3 is 2.33 bits per heavy atom. The summed E-state index contributed by atoms with van der Waals surface area (Å²) in [5.74, 6) is -0.381. The molecule has 1 heterocycles. The number of sulfonamides is 1. The van der Waals surface area contributed by atoms with Gasteiger partial charge in [0.25, 0.3) is 10.0 Å². The highest BCUT2D eigenvalue weighted by Gasteiger charge is 2.35. The quantitative estimate of drug-likeness (QED) is 0.666. The number of benzene rings is 3. The van der Waals surface area contributed by atoms with Crippen LogP contribution in [0.1, 0.15) is 23.6 Å². The minimum Gasteiger partial charge on any atom is -0.324 e. The summed E-state index contributed by atoms with van der Waals surface area (Å²) in [5.41, 5.74) is 5.87. The van der Waals surface area contributed by atoms with Crippen molar-refractivity contribution in [1.29, 1.82) is 0 Å². The average Bonchev–Trinajstić information content (AvgIpc) is 2.70. The van der Waals surface area contributed by atoms with Crippen LogP contribution in [0.2, 0.25) is 0 Å². The van der Waals surface area contributed by atoms with Crippen molar-refractivity contribution in [2.75, 3.05) is 16.2 Å². The number of nitrogens with one attached hydrogen (secondary N) is 1. The molecule has 0 saturated carbocycles. The first-order valence-electron chi connectivity index (χ1n) is 9.93. The Balaban J connectivity index is 1.73. The van der Waals surface area contributed by atoms with E-state index in [2.05, 4.69) is 12.2 Å². The van der Waals surface area contributed by atoms with E-state index < -0.39 is 10.0 Å². The van der Waals surface area contributed by atoms with Gasteiger partial charge in [0, 0.05) is 16.8 Å². The molecular weight excluding hydrogens is 396 g/mol. The van der Waals surface area contributed by atoms with Crippen molar-refractivity contribution in [1.82, 2.24) is 0 Å². The zero-order valence-corrected chi connectivity index (χ0v) is 18.1. The molecule has 1 amide bonds. The molecule has 0 atom stereocenters. The molecule has 0 aromatic heterocycles. The van der Waals surface area contributed by atoms with E-state index in [-0.39, 0.29) is 17.3 Å². The van der Waals surface area contributed by atoms with Crippen LogP contribution in [0.5, 0.6) is 0 Å². The molecule has 1 aliphatic rings. The Kier molecular flexibility index (Phi) is 5.12. The van der Waals surface area contributed by atoms with Crippen LogP contribution in [0.3, 0.4) is 0 Å². The molecular formula is C24H24N2O3S. The van der Waals surface area contributed by atoms with Crippen molar-refractivity contribution < 1.29 is 13.2 Å². The summed E-state index contributed by atoms with van der Waals surface area (Å²) >= 11 is 0. The second kappa shape index (κ2) is 7.61. The Morgan fingerprint density at radius 1 is 0.933 bits per heavy atom. The van der Waals surface area contributed by atoms with E-state index >= 15 is 0 Å². The molecule has 0 fully saturated rings. The average molecular weight is 421 g/mol. The maximum Gasteiger partial charge on any atom is 0.265 e. The Morgan fingerprint density at radius 2 is 1.63 bits per heavy atom. The molecule has 0 spiro atoms. The molecule has 0 bridgehead atoms. The monoisotopic (exact) mass is 420 g/mol. The zero-order valence-electron chi connectivity index (χ0n) is 17.3. The van der Waals surface area contributed by atoms with Gasteiger partial charge < -0.3 is 5.32 Å². The van der Waals surface area contributed by atoms with E-state index in [0.717, 1.165) is 28.7 Å². The molecule has 1 aliphatic heterocycles. The van der Waals surface area contributed by atoms with Gasteiger partial charge in [-0.2, -0.15) is 0 Å². The molecule has 1 N–H and O–H groups in total. The molecule has 0 saturated heterocycles. The van der Waals surface area contributed by atoms with Crippen LogP contribution in [-0.4, -0.2) is 20.9 Å². The molecule has 30 heavy (non-hydrogen) atoms. The van der Waals surface area contributed by atoms with Gasteiger partial charge >= 0.3 is 0 Å². The highest BCUT2D eigenvalue weighted by molar-refractivity contribution is 7.93. The van der Waals surface area contributed by atoms with Crippen LogP contribution in [-0.2, 0) is 21.2 Å². The number of amides is 1. The summed E-state index contributed by atoms with van der Waals surface area (Å²) in [6.45, 7) is 5.68. The maximum absolute atomic E-state index is 13.4. The second-order valence-electron chi connectivity index (χ2n) is 7.64. The number of carbonyl (C=O) groups is 1. The number of fused-ring (bicyclic) bond motifs is 3. The van der Waals surface area contributed by atoms with Gasteiger partial charge in [-0.05, 0) is 67.3 Å². The number of anilines is 2. The SMILES string of the molecule is CCc1ccc2c(c1)-c1ccccc1S(=O)(=O)N2CC(=O)Nc1cc(C)cc(C)c1. The summed E-state index contributed by atoms with van der Waals surface area (Å²) in [6.07, 6.45) is 0.843. The lowest BCUT2D eigenvalue weighted by molar-refractivity contribution is -0.114. The summed E-state index contributed by atoms with van der Waals surface area (Å²) in [7, 11) is -3.85. The fraction of sp³-hybridized carbons (Fsp3) is 0.208. The van der Waals surface area contributed by atoms with Crippen LogP contribution < -0.4 is 9.62 Å². The van der Waals surface area contributed by atoms with E-state index in [4.69, 9.17) is 0 Å². The normalized spacial score (nSPS) is 14.0. The lowest BCUT2D eigenvalue weighted by Gasteiger charge is -2.32. The minimum absolute atomic E-state index is 0.227. The van der Waals surface area contributed by atoms with E-state index in [0.29, 0.717) is 16.9 Å². The lowest BCUT2D eigenvalue weighted by Crippen LogP contribution is -2.40. The number of hydrogen-bond donors (Lipinski definition) is 1. The van der Waals surface area contributed by atoms with Crippen molar-refractivity contribution in [3.8, 4) is 11.1 Å². The van der Waals surface area contributed by atoms with Gasteiger partial charge in [-0.25, -0.2) is 8.42 Å². The van der Waals surface area contributed by atoms with Crippen LogP contribution in [0, 0.1) is 13.8 Å². The van der Waals surface area contributed by atoms with Gasteiger partial charge in [0.1, 0.15) is 6.54 Å². The van der Waals surface area contributed by atoms with Gasteiger partial charge in [-0.1, -0.05) is 37.3 Å². The molecule has 5 nitrogen and oxygen atoms in total. The highest BCUT2D eigenvalue weighted by atomic mass is 32.2. The molecule has 4 rings (SSSR count). The van der Waals surface area contributed by atoms with Crippen molar-refractivity contribution in [2.45, 2.75) is 32.1 Å². The first-order chi connectivity index (χ1) is 14.3. The fourth-order valence-electron chi connectivity index (χ4n) is 3.95. The largest absolute Gasteiger partial charge is 0.324 e. The van der Waals surface area contributed by atoms with Crippen LogP contribution >= 0.6 is 0 Å². The van der Waals surface area contributed by atoms with Gasteiger partial charge in [0.05, 0.1) is 10.6 Å². The molecule has 3 aromatic carbocycles. The minimum atomic E-state index is -3.85. The van der Waals surface area contributed by atoms with Gasteiger partial charge in [0.15, 0.2) is 0 Å². The summed E-state index contributed by atoms with van der Waals surface area (Å²) in [4.78, 5) is 13.0. The summed E-state index contributed by atoms with van der Waals surface area (Å²) < 4.78 is 27.9.